The summed E-state index contributed by atoms with van der Waals surface area (Å²) in [7, 11) is 3.82. The van der Waals surface area contributed by atoms with E-state index in [-0.39, 0.29) is 11.5 Å². The van der Waals surface area contributed by atoms with Crippen molar-refractivity contribution < 1.29 is 4.74 Å². The Morgan fingerprint density at radius 3 is 2.24 bits per heavy atom. The van der Waals surface area contributed by atoms with Gasteiger partial charge in [-0.25, -0.2) is 0 Å². The molecule has 1 aliphatic heterocycles. The molecule has 1 aromatic carbocycles. The SMILES string of the molecule is CC(C)OC1SSC(C(C)C)c2ccccc21. The lowest BCUT2D eigenvalue weighted by atomic mass is 9.97. The predicted molar refractivity (Wildman–Crippen MR) is 78.2 cm³/mol. The lowest BCUT2D eigenvalue weighted by molar-refractivity contribution is 0.0591. The van der Waals surface area contributed by atoms with Gasteiger partial charge in [-0.2, -0.15) is 0 Å². The van der Waals surface area contributed by atoms with Crippen LogP contribution >= 0.6 is 21.6 Å². The smallest absolute Gasteiger partial charge is 0.138 e. The molecule has 17 heavy (non-hydrogen) atoms. The van der Waals surface area contributed by atoms with E-state index in [4.69, 9.17) is 4.74 Å². The van der Waals surface area contributed by atoms with Crippen LogP contribution in [0.1, 0.15) is 49.5 Å². The van der Waals surface area contributed by atoms with Crippen LogP contribution in [0.3, 0.4) is 0 Å². The Labute approximate surface area is 112 Å². The van der Waals surface area contributed by atoms with Crippen molar-refractivity contribution >= 4 is 21.6 Å². The third kappa shape index (κ3) is 3.01. The fourth-order valence-corrected chi connectivity index (χ4v) is 5.45. The number of fused-ring (bicyclic) bond motifs is 1. The van der Waals surface area contributed by atoms with Crippen LogP contribution in [0, 0.1) is 5.92 Å². The van der Waals surface area contributed by atoms with E-state index in [1.54, 1.807) is 0 Å². The van der Waals surface area contributed by atoms with Gasteiger partial charge in [0.1, 0.15) is 5.44 Å². The first-order valence-electron chi connectivity index (χ1n) is 6.16. The summed E-state index contributed by atoms with van der Waals surface area (Å²) in [4.78, 5) is 0. The quantitative estimate of drug-likeness (QED) is 0.697. The Balaban J connectivity index is 2.30. The topological polar surface area (TPSA) is 9.23 Å². The van der Waals surface area contributed by atoms with Crippen molar-refractivity contribution in [2.75, 3.05) is 0 Å². The first-order chi connectivity index (χ1) is 8.09. The third-order valence-electron chi connectivity index (χ3n) is 2.80. The molecule has 1 nitrogen and oxygen atoms in total. The van der Waals surface area contributed by atoms with Crippen LogP contribution < -0.4 is 0 Å². The van der Waals surface area contributed by atoms with Gasteiger partial charge in [-0.1, -0.05) is 59.7 Å². The number of ether oxygens (including phenoxy) is 1. The third-order valence-corrected chi connectivity index (χ3v) is 5.94. The molecule has 0 N–H and O–H groups in total. The van der Waals surface area contributed by atoms with Crippen LogP contribution in [0.2, 0.25) is 0 Å². The summed E-state index contributed by atoms with van der Waals surface area (Å²) in [6.45, 7) is 8.78. The second-order valence-electron chi connectivity index (χ2n) is 5.00. The summed E-state index contributed by atoms with van der Waals surface area (Å²) in [5.41, 5.74) is 3.01. The van der Waals surface area contributed by atoms with Gasteiger partial charge in [-0.15, -0.1) is 0 Å². The Morgan fingerprint density at radius 1 is 1.00 bits per heavy atom. The highest BCUT2D eigenvalue weighted by molar-refractivity contribution is 8.76. The Hall–Kier alpha value is -0.120. The predicted octanol–water partition coefficient (Wildman–Crippen LogP) is 5.20. The summed E-state index contributed by atoms with van der Waals surface area (Å²) in [6, 6.07) is 8.72. The van der Waals surface area contributed by atoms with E-state index >= 15 is 0 Å². The molecule has 0 saturated carbocycles. The van der Waals surface area contributed by atoms with Crippen molar-refractivity contribution in [1.82, 2.24) is 0 Å². The molecular formula is C14H20OS2. The van der Waals surface area contributed by atoms with Gasteiger partial charge >= 0.3 is 0 Å². The van der Waals surface area contributed by atoms with Crippen molar-refractivity contribution in [1.29, 1.82) is 0 Å². The number of benzene rings is 1. The molecule has 0 saturated heterocycles. The molecule has 94 valence electrons. The van der Waals surface area contributed by atoms with Crippen molar-refractivity contribution in [3.63, 3.8) is 0 Å². The molecular weight excluding hydrogens is 248 g/mol. The molecule has 1 aromatic rings. The van der Waals surface area contributed by atoms with Crippen LogP contribution in [-0.2, 0) is 4.74 Å². The fourth-order valence-electron chi connectivity index (χ4n) is 2.01. The van der Waals surface area contributed by atoms with E-state index < -0.39 is 0 Å². The summed E-state index contributed by atoms with van der Waals surface area (Å²) in [6.07, 6.45) is 0.275. The van der Waals surface area contributed by atoms with E-state index in [9.17, 15) is 0 Å². The van der Waals surface area contributed by atoms with E-state index in [1.165, 1.54) is 11.1 Å². The Kier molecular flexibility index (Phi) is 4.45. The number of hydrogen-bond acceptors (Lipinski definition) is 3. The highest BCUT2D eigenvalue weighted by Crippen LogP contribution is 2.56. The molecule has 2 rings (SSSR count). The number of hydrogen-bond donors (Lipinski definition) is 0. The van der Waals surface area contributed by atoms with Crippen LogP contribution in [0.25, 0.3) is 0 Å². The lowest BCUT2D eigenvalue weighted by Gasteiger charge is -2.33. The zero-order valence-electron chi connectivity index (χ0n) is 10.8. The van der Waals surface area contributed by atoms with Gasteiger partial charge in [-0.05, 0) is 30.9 Å². The maximum absolute atomic E-state index is 5.99. The summed E-state index contributed by atoms with van der Waals surface area (Å²) in [5, 5.41) is 0.586. The maximum atomic E-state index is 5.99. The molecule has 1 aliphatic rings. The van der Waals surface area contributed by atoms with Crippen molar-refractivity contribution in [2.45, 2.75) is 44.5 Å². The molecule has 0 radical (unpaired) electrons. The molecule has 2 atom stereocenters. The average Bonchev–Trinajstić information content (AvgIpc) is 2.28. The average molecular weight is 268 g/mol. The van der Waals surface area contributed by atoms with Crippen LogP contribution in [0.15, 0.2) is 24.3 Å². The normalized spacial score (nSPS) is 24.1. The first-order valence-corrected chi connectivity index (χ1v) is 8.43. The molecule has 0 aliphatic carbocycles. The molecule has 0 amide bonds. The molecule has 2 unspecified atom stereocenters. The summed E-state index contributed by atoms with van der Waals surface area (Å²) < 4.78 is 5.99. The van der Waals surface area contributed by atoms with Gasteiger partial charge in [0.15, 0.2) is 0 Å². The van der Waals surface area contributed by atoms with Crippen LogP contribution in [0.4, 0.5) is 0 Å². The Bertz CT molecular complexity index is 376. The zero-order valence-corrected chi connectivity index (χ0v) is 12.5. The minimum atomic E-state index is 0.186. The minimum Gasteiger partial charge on any atom is -0.359 e. The summed E-state index contributed by atoms with van der Waals surface area (Å²) >= 11 is 0. The zero-order chi connectivity index (χ0) is 12.4. The highest BCUT2D eigenvalue weighted by atomic mass is 33.1. The maximum Gasteiger partial charge on any atom is 0.138 e. The standard InChI is InChI=1S/C14H20OS2/c1-9(2)13-11-7-5-6-8-12(11)14(17-16-13)15-10(3)4/h5-10,13-14H,1-4H3. The highest BCUT2D eigenvalue weighted by Gasteiger charge is 2.30. The van der Waals surface area contributed by atoms with Crippen molar-refractivity contribution in [3.05, 3.63) is 35.4 Å². The van der Waals surface area contributed by atoms with Gasteiger partial charge < -0.3 is 4.74 Å². The largest absolute Gasteiger partial charge is 0.359 e. The molecule has 0 bridgehead atoms. The summed E-state index contributed by atoms with van der Waals surface area (Å²) in [5.74, 6) is 0.661. The van der Waals surface area contributed by atoms with E-state index in [1.807, 2.05) is 21.6 Å². The molecule has 0 spiro atoms. The van der Waals surface area contributed by atoms with Crippen LogP contribution in [-0.4, -0.2) is 6.10 Å². The van der Waals surface area contributed by atoms with E-state index in [0.717, 1.165) is 0 Å². The van der Waals surface area contributed by atoms with Crippen LogP contribution in [0.5, 0.6) is 0 Å². The van der Waals surface area contributed by atoms with E-state index in [0.29, 0.717) is 11.2 Å². The molecule has 3 heteroatoms. The van der Waals surface area contributed by atoms with Gasteiger partial charge in [0.05, 0.1) is 6.10 Å². The second kappa shape index (κ2) is 5.68. The van der Waals surface area contributed by atoms with E-state index in [2.05, 4.69) is 52.0 Å². The minimum absolute atomic E-state index is 0.186. The number of rotatable bonds is 3. The fraction of sp³-hybridized carbons (Fsp3) is 0.571. The lowest BCUT2D eigenvalue weighted by Crippen LogP contribution is -2.15. The van der Waals surface area contributed by atoms with Gasteiger partial charge in [-0.3, -0.25) is 0 Å². The van der Waals surface area contributed by atoms with Crippen molar-refractivity contribution in [2.24, 2.45) is 5.92 Å². The monoisotopic (exact) mass is 268 g/mol. The molecule has 0 aromatic heterocycles. The van der Waals surface area contributed by atoms with Gasteiger partial charge in [0, 0.05) is 5.25 Å². The molecule has 0 fully saturated rings. The van der Waals surface area contributed by atoms with Gasteiger partial charge in [0.25, 0.3) is 0 Å². The first kappa shape index (κ1) is 13.3. The van der Waals surface area contributed by atoms with Gasteiger partial charge in [0.2, 0.25) is 0 Å². The Morgan fingerprint density at radius 2 is 1.65 bits per heavy atom. The second-order valence-corrected chi connectivity index (χ2v) is 7.48. The molecule has 1 heterocycles. The van der Waals surface area contributed by atoms with Crippen molar-refractivity contribution in [3.8, 4) is 0 Å².